The molecule has 1 heterocycles. The average Bonchev–Trinajstić information content (AvgIpc) is 2.96. The predicted molar refractivity (Wildman–Crippen MR) is 160 cm³/mol. The van der Waals surface area contributed by atoms with E-state index in [1.807, 2.05) is 20.0 Å². The van der Waals surface area contributed by atoms with Gasteiger partial charge in [0.15, 0.2) is 11.4 Å². The molecule has 1 aliphatic heterocycles. The van der Waals surface area contributed by atoms with Gasteiger partial charge in [-0.1, -0.05) is 61.9 Å². The number of aliphatic hydroxyl groups is 1. The van der Waals surface area contributed by atoms with Crippen LogP contribution in [0.15, 0.2) is 59.2 Å². The number of ketones is 1. The summed E-state index contributed by atoms with van der Waals surface area (Å²) in [7, 11) is 1.99. The van der Waals surface area contributed by atoms with E-state index in [2.05, 4.69) is 9.48 Å². The zero-order chi connectivity index (χ0) is 33.1. The van der Waals surface area contributed by atoms with Crippen LogP contribution in [0.3, 0.4) is 0 Å². The van der Waals surface area contributed by atoms with Crippen LogP contribution in [0.2, 0.25) is 0 Å². The van der Waals surface area contributed by atoms with Gasteiger partial charge in [0.1, 0.15) is 5.41 Å². The molecule has 1 fully saturated rings. The molecule has 3 rings (SSSR count). The summed E-state index contributed by atoms with van der Waals surface area (Å²) in [6.45, 7) is 3.31. The van der Waals surface area contributed by atoms with E-state index in [1.165, 1.54) is 0 Å². The number of hydrogen-bond acceptors (Lipinski definition) is 10. The zero-order valence-corrected chi connectivity index (χ0v) is 25.2. The van der Waals surface area contributed by atoms with Crippen molar-refractivity contribution in [3.05, 3.63) is 76.2 Å². The van der Waals surface area contributed by atoms with E-state index in [-0.39, 0.29) is 5.78 Å². The van der Waals surface area contributed by atoms with Gasteiger partial charge in [0, 0.05) is 27.7 Å². The normalized spacial score (nSPS) is 16.0. The molecule has 0 amide bonds. The highest BCUT2D eigenvalue weighted by molar-refractivity contribution is 7.99. The first-order valence-corrected chi connectivity index (χ1v) is 14.5. The Bertz CT molecular complexity index is 1340. The van der Waals surface area contributed by atoms with E-state index >= 15 is 0 Å². The molecule has 0 spiro atoms. The molecule has 2 aromatic carbocycles. The molecule has 0 radical (unpaired) electrons. The quantitative estimate of drug-likeness (QED) is 0.114. The monoisotopic (exact) mass is 632 g/mol. The summed E-state index contributed by atoms with van der Waals surface area (Å²) in [4.78, 5) is 70.1. The highest BCUT2D eigenvalue weighted by Gasteiger charge is 2.59. The fourth-order valence-electron chi connectivity index (χ4n) is 5.48. The van der Waals surface area contributed by atoms with Gasteiger partial charge in [-0.2, -0.15) is 0 Å². The number of carboxylic acid groups (broad SMARTS) is 4. The van der Waals surface area contributed by atoms with Crippen LogP contribution in [-0.2, 0) is 24.6 Å². The Morgan fingerprint density at radius 3 is 1.86 bits per heavy atom. The molecule has 2 aromatic rings. The number of carboxylic acids is 4. The smallest absolute Gasteiger partial charge is 0.336 e. The number of nitrogens with zero attached hydrogens (tertiary/aromatic N) is 2. The largest absolute Gasteiger partial charge is 0.481 e. The van der Waals surface area contributed by atoms with Gasteiger partial charge in [0.05, 0.1) is 17.6 Å². The van der Waals surface area contributed by atoms with Gasteiger partial charge in [-0.15, -0.1) is 4.91 Å². The molecule has 0 aliphatic carbocycles. The first-order valence-electron chi connectivity index (χ1n) is 13.7. The molecule has 13 nitrogen and oxygen atoms in total. The molecule has 5 N–H and O–H groups in total. The van der Waals surface area contributed by atoms with Crippen molar-refractivity contribution in [3.63, 3.8) is 0 Å². The number of hydrogen-bond donors (Lipinski definition) is 5. The van der Waals surface area contributed by atoms with Gasteiger partial charge in [-0.25, -0.2) is 4.79 Å². The minimum absolute atomic E-state index is 0.156. The fourth-order valence-corrected chi connectivity index (χ4v) is 6.45. The number of benzene rings is 2. The maximum Gasteiger partial charge on any atom is 0.336 e. The second-order valence-corrected chi connectivity index (χ2v) is 11.8. The van der Waals surface area contributed by atoms with Crippen LogP contribution < -0.4 is 0 Å². The molecule has 44 heavy (non-hydrogen) atoms. The fraction of sp³-hybridized carbons (Fsp3) is 0.433. The van der Waals surface area contributed by atoms with E-state index in [4.69, 9.17) is 20.4 Å². The lowest BCUT2D eigenvalue weighted by atomic mass is 9.63. The van der Waals surface area contributed by atoms with Gasteiger partial charge in [0.25, 0.3) is 0 Å². The molecule has 0 bridgehead atoms. The molecule has 238 valence electrons. The summed E-state index contributed by atoms with van der Waals surface area (Å²) in [6, 6.07) is 15.9. The van der Waals surface area contributed by atoms with Crippen molar-refractivity contribution in [1.82, 2.24) is 4.90 Å². The van der Waals surface area contributed by atoms with Crippen LogP contribution in [0.25, 0.3) is 0 Å². The lowest BCUT2D eigenvalue weighted by Gasteiger charge is -2.49. The second-order valence-electron chi connectivity index (χ2n) is 10.7. The first-order chi connectivity index (χ1) is 20.7. The van der Waals surface area contributed by atoms with E-state index in [0.29, 0.717) is 55.5 Å². The summed E-state index contributed by atoms with van der Waals surface area (Å²) in [5, 5.41) is 44.4. The number of likely N-dealkylation sites (tertiary alicyclic amines) is 1. The minimum atomic E-state index is -2.74. The van der Waals surface area contributed by atoms with Crippen LogP contribution in [0.1, 0.15) is 66.9 Å². The summed E-state index contributed by atoms with van der Waals surface area (Å²) in [5.74, 6) is -6.15. The van der Waals surface area contributed by atoms with Crippen molar-refractivity contribution in [2.24, 2.45) is 4.58 Å². The molecule has 0 saturated carbocycles. The molecular formula is C30H36N2O11S. The van der Waals surface area contributed by atoms with Crippen molar-refractivity contribution in [3.8, 4) is 0 Å². The third-order valence-electron chi connectivity index (χ3n) is 7.71. The maximum absolute atomic E-state index is 13.1. The number of nitroso groups, excluding NO2 is 1. The first kappa shape index (κ1) is 36.1. The van der Waals surface area contributed by atoms with E-state index in [0.717, 1.165) is 11.9 Å². The number of carbonyl (C=O) groups excluding carboxylic acids is 1. The molecule has 1 saturated heterocycles. The van der Waals surface area contributed by atoms with Crippen molar-refractivity contribution in [1.29, 1.82) is 0 Å². The molecule has 14 heteroatoms. The SMILES string of the molecule is CCCC(C(=O)O)(c1cccc(C(=O)c2ccccc2)c1)C1(SN=O)CCN(C)CC1.O=C(O)CC(O)(CC(=O)O)C(=O)O. The number of piperidine rings is 1. The topological polar surface area (TPSA) is 219 Å². The standard InChI is InChI=1S/C24H28N2O4S.C6H8O7/c1-3-12-24(22(28)29,23(31-25-30)13-15-26(2)16-14-23)20-11-7-10-19(17-20)21(27)18-8-5-4-6-9-18;7-3(8)1-6(13,5(11)12)2-4(9)10/h4-11,17H,3,12-16H2,1-2H3,(H,28,29);13H,1-2H2,(H,7,8)(H,9,10)(H,11,12). The van der Waals surface area contributed by atoms with Crippen LogP contribution in [0.4, 0.5) is 0 Å². The van der Waals surface area contributed by atoms with Gasteiger partial charge >= 0.3 is 23.9 Å². The lowest BCUT2D eigenvalue weighted by Crippen LogP contribution is -2.58. The average molecular weight is 633 g/mol. The van der Waals surface area contributed by atoms with Crippen LogP contribution >= 0.6 is 11.9 Å². The number of carbonyl (C=O) groups is 5. The zero-order valence-electron chi connectivity index (χ0n) is 24.3. The summed E-state index contributed by atoms with van der Waals surface area (Å²) >= 11 is 0.859. The minimum Gasteiger partial charge on any atom is -0.481 e. The molecule has 1 aliphatic rings. The summed E-state index contributed by atoms with van der Waals surface area (Å²) < 4.78 is 2.26. The molecule has 0 aromatic heterocycles. The van der Waals surface area contributed by atoms with Gasteiger partial charge in [-0.3, -0.25) is 19.2 Å². The second kappa shape index (κ2) is 15.5. The Hall–Kier alpha value is -4.14. The Morgan fingerprint density at radius 1 is 0.864 bits per heavy atom. The Morgan fingerprint density at radius 2 is 1.41 bits per heavy atom. The van der Waals surface area contributed by atoms with Crippen molar-refractivity contribution in [2.45, 2.75) is 61.2 Å². The third kappa shape index (κ3) is 8.27. The van der Waals surface area contributed by atoms with Crippen LogP contribution in [0.5, 0.6) is 0 Å². The van der Waals surface area contributed by atoms with E-state index < -0.39 is 52.5 Å². The Kier molecular flexibility index (Phi) is 12.7. The van der Waals surface area contributed by atoms with Gasteiger partial charge in [0.2, 0.25) is 0 Å². The van der Waals surface area contributed by atoms with Crippen molar-refractivity contribution < 1.29 is 49.5 Å². The maximum atomic E-state index is 13.1. The Labute approximate surface area is 258 Å². The third-order valence-corrected chi connectivity index (χ3v) is 8.89. The predicted octanol–water partition coefficient (Wildman–Crippen LogP) is 3.67. The summed E-state index contributed by atoms with van der Waals surface area (Å²) in [6.07, 6.45) is -0.243. The van der Waals surface area contributed by atoms with Crippen molar-refractivity contribution >= 4 is 41.6 Å². The molecular weight excluding hydrogens is 596 g/mol. The number of aliphatic carboxylic acids is 4. The molecule has 1 unspecified atom stereocenters. The van der Waals surface area contributed by atoms with E-state index in [1.54, 1.807) is 48.5 Å². The van der Waals surface area contributed by atoms with Gasteiger partial charge < -0.3 is 30.4 Å². The Balaban J connectivity index is 0.000000439. The highest BCUT2D eigenvalue weighted by atomic mass is 32.2. The molecule has 1 atom stereocenters. The van der Waals surface area contributed by atoms with E-state index in [9.17, 15) is 34.0 Å². The highest BCUT2D eigenvalue weighted by Crippen LogP contribution is 2.54. The van der Waals surface area contributed by atoms with Crippen LogP contribution in [0, 0.1) is 4.91 Å². The lowest BCUT2D eigenvalue weighted by molar-refractivity contribution is -0.170. The summed E-state index contributed by atoms with van der Waals surface area (Å²) in [5.41, 5.74) is -2.51. The van der Waals surface area contributed by atoms with Crippen LogP contribution in [-0.4, -0.2) is 90.6 Å². The van der Waals surface area contributed by atoms with Gasteiger partial charge in [-0.05, 0) is 51.0 Å². The van der Waals surface area contributed by atoms with Crippen molar-refractivity contribution in [2.75, 3.05) is 20.1 Å². The number of rotatable bonds is 14.